The first-order valence-electron chi connectivity index (χ1n) is 4.23. The summed E-state index contributed by atoms with van der Waals surface area (Å²) in [5.41, 5.74) is 2.88. The van der Waals surface area contributed by atoms with Crippen LogP contribution >= 0.6 is 0 Å². The zero-order valence-electron chi connectivity index (χ0n) is 7.31. The molecule has 0 aliphatic carbocycles. The van der Waals surface area contributed by atoms with E-state index in [9.17, 15) is 0 Å². The van der Waals surface area contributed by atoms with Crippen LogP contribution in [-0.4, -0.2) is 12.6 Å². The molecule has 0 spiro atoms. The normalized spacial score (nSPS) is 13.5. The van der Waals surface area contributed by atoms with E-state index in [0.29, 0.717) is 6.10 Å². The van der Waals surface area contributed by atoms with Crippen molar-refractivity contribution in [1.29, 1.82) is 0 Å². The maximum atomic E-state index is 5.33. The highest BCUT2D eigenvalue weighted by atomic mass is 16.7. The van der Waals surface area contributed by atoms with Crippen molar-refractivity contribution in [1.82, 2.24) is 5.48 Å². The molecule has 2 nitrogen and oxygen atoms in total. The summed E-state index contributed by atoms with van der Waals surface area (Å²) in [4.78, 5) is 5.33. The highest BCUT2D eigenvalue weighted by Crippen LogP contribution is 2.03. The van der Waals surface area contributed by atoms with Crippen molar-refractivity contribution in [3.8, 4) is 0 Å². The predicted octanol–water partition coefficient (Wildman–Crippen LogP) is 2.11. The van der Waals surface area contributed by atoms with E-state index in [1.54, 1.807) is 0 Å². The lowest BCUT2D eigenvalue weighted by molar-refractivity contribution is -0.0282. The second kappa shape index (κ2) is 7.03. The maximum Gasteiger partial charge on any atom is 0.0787 e. The van der Waals surface area contributed by atoms with Crippen molar-refractivity contribution >= 4 is 0 Å². The molecule has 1 unspecified atom stereocenters. The Kier molecular flexibility index (Phi) is 6.98. The lowest BCUT2D eigenvalue weighted by Crippen LogP contribution is -2.22. The molecular weight excluding hydrogens is 126 g/mol. The Morgan fingerprint density at radius 3 is 2.40 bits per heavy atom. The highest BCUT2D eigenvalue weighted by Gasteiger charge is 2.02. The predicted molar refractivity (Wildman–Crippen MR) is 43.7 cm³/mol. The fourth-order valence-electron chi connectivity index (χ4n) is 0.870. The summed E-state index contributed by atoms with van der Waals surface area (Å²) in [5, 5.41) is 0. The molecule has 0 bridgehead atoms. The molecule has 0 aromatic rings. The van der Waals surface area contributed by atoms with Crippen molar-refractivity contribution in [3.05, 3.63) is 0 Å². The van der Waals surface area contributed by atoms with Gasteiger partial charge in [-0.05, 0) is 12.8 Å². The molecule has 0 radical (unpaired) electrons. The summed E-state index contributed by atoms with van der Waals surface area (Å²) in [5.74, 6) is 0. The van der Waals surface area contributed by atoms with Crippen molar-refractivity contribution in [2.75, 3.05) is 6.54 Å². The average molecular weight is 145 g/mol. The van der Waals surface area contributed by atoms with Crippen molar-refractivity contribution in [3.63, 3.8) is 0 Å². The van der Waals surface area contributed by atoms with Gasteiger partial charge in [0.15, 0.2) is 0 Å². The van der Waals surface area contributed by atoms with Gasteiger partial charge in [0, 0.05) is 6.54 Å². The van der Waals surface area contributed by atoms with Gasteiger partial charge in [-0.1, -0.05) is 27.2 Å². The minimum atomic E-state index is 0.407. The highest BCUT2D eigenvalue weighted by molar-refractivity contribution is 4.51. The standard InChI is InChI=1S/C8H19NO/c1-4-7-8(5-2)10-9-6-3/h8-9H,4-7H2,1-3H3. The van der Waals surface area contributed by atoms with Crippen LogP contribution in [0.3, 0.4) is 0 Å². The lowest BCUT2D eigenvalue weighted by atomic mass is 10.2. The Bertz CT molecular complexity index is 66.3. The zero-order chi connectivity index (χ0) is 7.82. The second-order valence-electron chi connectivity index (χ2n) is 2.43. The molecule has 10 heavy (non-hydrogen) atoms. The van der Waals surface area contributed by atoms with Crippen LogP contribution < -0.4 is 5.48 Å². The van der Waals surface area contributed by atoms with Crippen molar-refractivity contribution in [2.45, 2.75) is 46.1 Å². The molecule has 0 aromatic carbocycles. The van der Waals surface area contributed by atoms with Crippen LogP contribution in [0.2, 0.25) is 0 Å². The largest absolute Gasteiger partial charge is 0.299 e. The summed E-state index contributed by atoms with van der Waals surface area (Å²) < 4.78 is 0. The molecule has 0 saturated heterocycles. The summed E-state index contributed by atoms with van der Waals surface area (Å²) >= 11 is 0. The van der Waals surface area contributed by atoms with Gasteiger partial charge in [-0.2, -0.15) is 0 Å². The van der Waals surface area contributed by atoms with E-state index >= 15 is 0 Å². The van der Waals surface area contributed by atoms with Gasteiger partial charge in [0.2, 0.25) is 0 Å². The lowest BCUT2D eigenvalue weighted by Gasteiger charge is -2.13. The topological polar surface area (TPSA) is 21.3 Å². The van der Waals surface area contributed by atoms with E-state index < -0.39 is 0 Å². The number of hydroxylamine groups is 1. The van der Waals surface area contributed by atoms with Crippen LogP contribution in [-0.2, 0) is 4.84 Å². The van der Waals surface area contributed by atoms with Gasteiger partial charge in [-0.25, -0.2) is 5.48 Å². The van der Waals surface area contributed by atoms with Crippen LogP contribution in [0, 0.1) is 0 Å². The minimum absolute atomic E-state index is 0.407. The zero-order valence-corrected chi connectivity index (χ0v) is 7.31. The molecule has 62 valence electrons. The molecule has 0 rings (SSSR count). The van der Waals surface area contributed by atoms with E-state index in [2.05, 4.69) is 19.3 Å². The first kappa shape index (κ1) is 9.92. The Labute approximate surface area is 63.9 Å². The summed E-state index contributed by atoms with van der Waals surface area (Å²) in [6.45, 7) is 7.26. The Morgan fingerprint density at radius 1 is 1.30 bits per heavy atom. The molecule has 0 fully saturated rings. The third kappa shape index (κ3) is 4.77. The summed E-state index contributed by atoms with van der Waals surface area (Å²) in [6, 6.07) is 0. The van der Waals surface area contributed by atoms with Crippen LogP contribution in [0.4, 0.5) is 0 Å². The summed E-state index contributed by atoms with van der Waals surface area (Å²) in [7, 11) is 0. The van der Waals surface area contributed by atoms with Crippen molar-refractivity contribution in [2.24, 2.45) is 0 Å². The quantitative estimate of drug-likeness (QED) is 0.578. The van der Waals surface area contributed by atoms with E-state index in [-0.39, 0.29) is 0 Å². The molecule has 0 amide bonds. The number of hydrogen-bond donors (Lipinski definition) is 1. The van der Waals surface area contributed by atoms with Crippen LogP contribution in [0.5, 0.6) is 0 Å². The molecule has 0 saturated carbocycles. The molecule has 0 heterocycles. The molecular formula is C8H19NO. The van der Waals surface area contributed by atoms with E-state index in [0.717, 1.165) is 19.4 Å². The summed E-state index contributed by atoms with van der Waals surface area (Å²) in [6.07, 6.45) is 3.86. The SMILES string of the molecule is CCCC(CC)ONCC. The van der Waals surface area contributed by atoms with Gasteiger partial charge in [-0.3, -0.25) is 4.84 Å². The Morgan fingerprint density at radius 2 is 2.00 bits per heavy atom. The van der Waals surface area contributed by atoms with Gasteiger partial charge in [0.05, 0.1) is 6.10 Å². The number of hydrogen-bond acceptors (Lipinski definition) is 2. The first-order valence-corrected chi connectivity index (χ1v) is 4.23. The molecule has 1 atom stereocenters. The number of nitrogens with one attached hydrogen (secondary N) is 1. The third-order valence-corrected chi connectivity index (χ3v) is 1.46. The fourth-order valence-corrected chi connectivity index (χ4v) is 0.870. The third-order valence-electron chi connectivity index (χ3n) is 1.46. The second-order valence-corrected chi connectivity index (χ2v) is 2.43. The van der Waals surface area contributed by atoms with E-state index in [4.69, 9.17) is 4.84 Å². The van der Waals surface area contributed by atoms with E-state index in [1.807, 2.05) is 6.92 Å². The molecule has 2 heteroatoms. The van der Waals surface area contributed by atoms with Gasteiger partial charge in [-0.15, -0.1) is 0 Å². The van der Waals surface area contributed by atoms with Gasteiger partial charge in [0.1, 0.15) is 0 Å². The maximum absolute atomic E-state index is 5.33. The Hall–Kier alpha value is -0.0800. The van der Waals surface area contributed by atoms with Crippen LogP contribution in [0.25, 0.3) is 0 Å². The molecule has 0 aliphatic heterocycles. The van der Waals surface area contributed by atoms with Gasteiger partial charge in [0.25, 0.3) is 0 Å². The van der Waals surface area contributed by atoms with Gasteiger partial charge >= 0.3 is 0 Å². The fraction of sp³-hybridized carbons (Fsp3) is 1.00. The van der Waals surface area contributed by atoms with Crippen molar-refractivity contribution < 1.29 is 4.84 Å². The minimum Gasteiger partial charge on any atom is -0.299 e. The van der Waals surface area contributed by atoms with Crippen LogP contribution in [0.1, 0.15) is 40.0 Å². The number of rotatable bonds is 6. The molecule has 0 aliphatic rings. The van der Waals surface area contributed by atoms with Crippen LogP contribution in [0.15, 0.2) is 0 Å². The Balaban J connectivity index is 3.21. The average Bonchev–Trinajstić information content (AvgIpc) is 1.98. The van der Waals surface area contributed by atoms with E-state index in [1.165, 1.54) is 6.42 Å². The van der Waals surface area contributed by atoms with Gasteiger partial charge < -0.3 is 0 Å². The molecule has 1 N–H and O–H groups in total. The monoisotopic (exact) mass is 145 g/mol. The molecule has 0 aromatic heterocycles. The first-order chi connectivity index (χ1) is 4.85. The smallest absolute Gasteiger partial charge is 0.0787 e.